The number of nitrogens with one attached hydrogen (secondary N) is 2. The Bertz CT molecular complexity index is 1030. The molecule has 2 aromatic rings. The summed E-state index contributed by atoms with van der Waals surface area (Å²) in [5, 5.41) is 5.57. The van der Waals surface area contributed by atoms with Gasteiger partial charge >= 0.3 is 6.18 Å². The fraction of sp³-hybridized carbons (Fsp3) is 0.391. The number of hydrogen-bond acceptors (Lipinski definition) is 5. The van der Waals surface area contributed by atoms with E-state index in [1.54, 1.807) is 25.1 Å². The van der Waals surface area contributed by atoms with Crippen molar-refractivity contribution in [2.45, 2.75) is 19.1 Å². The molecule has 1 aliphatic heterocycles. The number of piperazine rings is 1. The first-order valence-electron chi connectivity index (χ1n) is 10.7. The summed E-state index contributed by atoms with van der Waals surface area (Å²) in [6.45, 7) is 3.82. The summed E-state index contributed by atoms with van der Waals surface area (Å²) in [4.78, 5) is 28.8. The van der Waals surface area contributed by atoms with E-state index in [1.165, 1.54) is 25.3 Å². The van der Waals surface area contributed by atoms with Gasteiger partial charge in [0.15, 0.2) is 0 Å². The standard InChI is InChI=1S/C23H26ClF3N4O3/c1-15(22(33)28-16-7-8-20(34-2)18(24)13-16)31-11-9-30(10-12-31)14-21(32)29-19-6-4-3-5-17(19)23(25,26)27/h3-8,13,15H,9-12,14H2,1-2H3,(H,28,33)(H,29,32). The van der Waals surface area contributed by atoms with E-state index in [4.69, 9.17) is 16.3 Å². The van der Waals surface area contributed by atoms with Crippen molar-refractivity contribution in [1.82, 2.24) is 9.80 Å². The normalized spacial score (nSPS) is 16.1. The van der Waals surface area contributed by atoms with Gasteiger partial charge in [0.05, 0.1) is 36.0 Å². The minimum atomic E-state index is -4.55. The second-order valence-electron chi connectivity index (χ2n) is 7.92. The van der Waals surface area contributed by atoms with Gasteiger partial charge in [0.25, 0.3) is 0 Å². The van der Waals surface area contributed by atoms with Crippen LogP contribution >= 0.6 is 11.6 Å². The molecule has 7 nitrogen and oxygen atoms in total. The Morgan fingerprint density at radius 3 is 2.38 bits per heavy atom. The number of carbonyl (C=O) groups excluding carboxylic acids is 2. The number of alkyl halides is 3. The van der Waals surface area contributed by atoms with Gasteiger partial charge in [-0.05, 0) is 37.3 Å². The van der Waals surface area contributed by atoms with Crippen molar-refractivity contribution >= 4 is 34.8 Å². The Kier molecular flexibility index (Phi) is 8.40. The molecule has 0 saturated carbocycles. The van der Waals surface area contributed by atoms with Gasteiger partial charge in [0.1, 0.15) is 5.75 Å². The molecule has 1 atom stereocenters. The van der Waals surface area contributed by atoms with Gasteiger partial charge in [-0.15, -0.1) is 0 Å². The number of hydrogen-bond donors (Lipinski definition) is 2. The molecule has 1 saturated heterocycles. The number of anilines is 2. The zero-order chi connectivity index (χ0) is 24.9. The van der Waals surface area contributed by atoms with Crippen LogP contribution in [-0.4, -0.2) is 67.5 Å². The molecule has 2 N–H and O–H groups in total. The number of benzene rings is 2. The van der Waals surface area contributed by atoms with Crippen molar-refractivity contribution in [1.29, 1.82) is 0 Å². The summed E-state index contributed by atoms with van der Waals surface area (Å²) in [5.74, 6) is -0.210. The van der Waals surface area contributed by atoms with Gasteiger partial charge in [-0.2, -0.15) is 13.2 Å². The van der Waals surface area contributed by atoms with E-state index in [0.717, 1.165) is 6.07 Å². The third kappa shape index (κ3) is 6.62. The van der Waals surface area contributed by atoms with E-state index in [-0.39, 0.29) is 18.1 Å². The van der Waals surface area contributed by atoms with Crippen molar-refractivity contribution in [3.63, 3.8) is 0 Å². The number of ether oxygens (including phenoxy) is 1. The molecule has 0 aromatic heterocycles. The highest BCUT2D eigenvalue weighted by molar-refractivity contribution is 6.32. The maximum absolute atomic E-state index is 13.1. The van der Waals surface area contributed by atoms with Gasteiger partial charge in [0.2, 0.25) is 11.8 Å². The highest BCUT2D eigenvalue weighted by Gasteiger charge is 2.34. The van der Waals surface area contributed by atoms with Crippen molar-refractivity contribution in [3.8, 4) is 5.75 Å². The van der Waals surface area contributed by atoms with E-state index in [0.29, 0.717) is 42.6 Å². The molecule has 0 bridgehead atoms. The first-order chi connectivity index (χ1) is 16.1. The van der Waals surface area contributed by atoms with Gasteiger partial charge < -0.3 is 15.4 Å². The molecule has 0 aliphatic carbocycles. The average molecular weight is 499 g/mol. The van der Waals surface area contributed by atoms with Gasteiger partial charge in [-0.25, -0.2) is 0 Å². The monoisotopic (exact) mass is 498 g/mol. The lowest BCUT2D eigenvalue weighted by Crippen LogP contribution is -2.53. The van der Waals surface area contributed by atoms with E-state index in [2.05, 4.69) is 10.6 Å². The second-order valence-corrected chi connectivity index (χ2v) is 8.33. The zero-order valence-corrected chi connectivity index (χ0v) is 19.5. The molecule has 2 amide bonds. The molecule has 1 aliphatic rings. The van der Waals surface area contributed by atoms with Crippen LogP contribution in [0.1, 0.15) is 12.5 Å². The first-order valence-corrected chi connectivity index (χ1v) is 11.0. The van der Waals surface area contributed by atoms with Crippen LogP contribution in [0.3, 0.4) is 0 Å². The van der Waals surface area contributed by atoms with Crippen molar-refractivity contribution in [2.24, 2.45) is 0 Å². The largest absolute Gasteiger partial charge is 0.495 e. The molecular formula is C23H26ClF3N4O3. The summed E-state index contributed by atoms with van der Waals surface area (Å²) in [7, 11) is 1.51. The molecular weight excluding hydrogens is 473 g/mol. The van der Waals surface area contributed by atoms with Gasteiger partial charge in [-0.3, -0.25) is 19.4 Å². The minimum Gasteiger partial charge on any atom is -0.495 e. The maximum atomic E-state index is 13.1. The van der Waals surface area contributed by atoms with Crippen LogP contribution in [0.15, 0.2) is 42.5 Å². The van der Waals surface area contributed by atoms with E-state index in [9.17, 15) is 22.8 Å². The lowest BCUT2D eigenvalue weighted by atomic mass is 10.1. The van der Waals surface area contributed by atoms with E-state index in [1.807, 2.05) is 9.80 Å². The van der Waals surface area contributed by atoms with Crippen molar-refractivity contribution in [3.05, 3.63) is 53.1 Å². The average Bonchev–Trinajstić information content (AvgIpc) is 2.79. The molecule has 3 rings (SSSR count). The maximum Gasteiger partial charge on any atom is 0.418 e. The molecule has 1 unspecified atom stereocenters. The van der Waals surface area contributed by atoms with Crippen LogP contribution in [0.4, 0.5) is 24.5 Å². The number of halogens is 4. The van der Waals surface area contributed by atoms with E-state index < -0.39 is 23.7 Å². The summed E-state index contributed by atoms with van der Waals surface area (Å²) < 4.78 is 44.5. The summed E-state index contributed by atoms with van der Waals surface area (Å²) in [6.07, 6.45) is -4.55. The summed E-state index contributed by atoms with van der Waals surface area (Å²) >= 11 is 6.10. The van der Waals surface area contributed by atoms with E-state index >= 15 is 0 Å². The number of carbonyl (C=O) groups is 2. The Hall–Kier alpha value is -2.82. The lowest BCUT2D eigenvalue weighted by Gasteiger charge is -2.37. The predicted octanol–water partition coefficient (Wildman–Crippen LogP) is 3.95. The zero-order valence-electron chi connectivity index (χ0n) is 18.8. The van der Waals surface area contributed by atoms with Gasteiger partial charge in [-0.1, -0.05) is 23.7 Å². The Labute approximate surface area is 200 Å². The first kappa shape index (κ1) is 25.8. The molecule has 1 fully saturated rings. The highest BCUT2D eigenvalue weighted by atomic mass is 35.5. The van der Waals surface area contributed by atoms with Crippen LogP contribution in [0.25, 0.3) is 0 Å². The fourth-order valence-corrected chi connectivity index (χ4v) is 3.96. The van der Waals surface area contributed by atoms with Crippen LogP contribution in [-0.2, 0) is 15.8 Å². The minimum absolute atomic E-state index is 0.0367. The number of methoxy groups -OCH3 is 1. The highest BCUT2D eigenvalue weighted by Crippen LogP contribution is 2.34. The predicted molar refractivity (Wildman–Crippen MR) is 124 cm³/mol. The molecule has 184 valence electrons. The summed E-state index contributed by atoms with van der Waals surface area (Å²) in [6, 6.07) is 9.43. The fourth-order valence-electron chi connectivity index (χ4n) is 3.70. The van der Waals surface area contributed by atoms with Crippen LogP contribution in [0.2, 0.25) is 5.02 Å². The lowest BCUT2D eigenvalue weighted by molar-refractivity contribution is -0.137. The third-order valence-electron chi connectivity index (χ3n) is 5.63. The summed E-state index contributed by atoms with van der Waals surface area (Å²) in [5.41, 5.74) is -0.592. The molecule has 34 heavy (non-hydrogen) atoms. The smallest absolute Gasteiger partial charge is 0.418 e. The Balaban J connectivity index is 1.49. The molecule has 2 aromatic carbocycles. The molecule has 11 heteroatoms. The number of rotatable bonds is 7. The van der Waals surface area contributed by atoms with Crippen LogP contribution in [0.5, 0.6) is 5.75 Å². The SMILES string of the molecule is COc1ccc(NC(=O)C(C)N2CCN(CC(=O)Nc3ccccc3C(F)(F)F)CC2)cc1Cl. The van der Waals surface area contributed by atoms with Crippen LogP contribution < -0.4 is 15.4 Å². The van der Waals surface area contributed by atoms with Crippen molar-refractivity contribution < 1.29 is 27.5 Å². The number of para-hydroxylation sites is 1. The number of nitrogens with zero attached hydrogens (tertiary/aromatic N) is 2. The number of amides is 2. The van der Waals surface area contributed by atoms with Gasteiger partial charge in [0, 0.05) is 31.9 Å². The molecule has 0 spiro atoms. The molecule has 1 heterocycles. The molecule has 0 radical (unpaired) electrons. The second kappa shape index (κ2) is 11.1. The Morgan fingerprint density at radius 1 is 1.09 bits per heavy atom. The van der Waals surface area contributed by atoms with Crippen molar-refractivity contribution in [2.75, 3.05) is 50.5 Å². The topological polar surface area (TPSA) is 73.9 Å². The Morgan fingerprint density at radius 2 is 1.76 bits per heavy atom. The van der Waals surface area contributed by atoms with Crippen LogP contribution in [0, 0.1) is 0 Å². The quantitative estimate of drug-likeness (QED) is 0.604. The third-order valence-corrected chi connectivity index (χ3v) is 5.92.